The number of carboxylic acid groups (broad SMARTS) is 1. The number of dihydropyridines is 1. The number of nitrogens with zero attached hydrogens (tertiary/aromatic N) is 2. The number of hydrogen-bond acceptors (Lipinski definition) is 5. The monoisotopic (exact) mass is 440 g/mol. The average molecular weight is 441 g/mol. The third kappa shape index (κ3) is 4.90. The van der Waals surface area contributed by atoms with Crippen molar-refractivity contribution >= 4 is 17.2 Å². The molecule has 0 aromatic carbocycles. The largest absolute Gasteiger partial charge is 0.479 e. The number of fused-ring (bicyclic) bond motifs is 1. The molecule has 7 nitrogen and oxygen atoms in total. The van der Waals surface area contributed by atoms with Gasteiger partial charge in [-0.1, -0.05) is 19.9 Å². The first-order valence-corrected chi connectivity index (χ1v) is 11.0. The van der Waals surface area contributed by atoms with E-state index >= 15 is 0 Å². The first-order chi connectivity index (χ1) is 15.4. The number of nitrogens with one attached hydrogen (secondary N) is 2. The van der Waals surface area contributed by atoms with E-state index in [2.05, 4.69) is 16.7 Å². The summed E-state index contributed by atoms with van der Waals surface area (Å²) in [5.41, 5.74) is 2.58. The van der Waals surface area contributed by atoms with Gasteiger partial charge in [0, 0.05) is 23.5 Å². The molecule has 4 rings (SSSR count). The molecule has 0 spiro atoms. The van der Waals surface area contributed by atoms with Crippen molar-refractivity contribution in [1.29, 1.82) is 0 Å². The number of aromatic nitrogens is 2. The Morgan fingerprint density at radius 3 is 2.81 bits per heavy atom. The third-order valence-electron chi connectivity index (χ3n) is 5.42. The van der Waals surface area contributed by atoms with E-state index in [0.29, 0.717) is 22.6 Å². The molecule has 2 atom stereocenters. The zero-order valence-corrected chi connectivity index (χ0v) is 18.6. The van der Waals surface area contributed by atoms with Crippen molar-refractivity contribution in [2.75, 3.05) is 0 Å². The lowest BCUT2D eigenvalue weighted by atomic mass is 9.97. The Kier molecular flexibility index (Phi) is 7.45. The first-order valence-electron chi connectivity index (χ1n) is 11.0. The van der Waals surface area contributed by atoms with E-state index in [9.17, 15) is 19.1 Å². The maximum atomic E-state index is 14.3. The summed E-state index contributed by atoms with van der Waals surface area (Å²) in [7, 11) is 0. The summed E-state index contributed by atoms with van der Waals surface area (Å²) in [6.45, 7) is 5.78. The molecule has 3 N–H and O–H groups in total. The molecule has 2 aliphatic rings. The van der Waals surface area contributed by atoms with Crippen LogP contribution in [0.2, 0.25) is 0 Å². The van der Waals surface area contributed by atoms with Crippen LogP contribution in [0.25, 0.3) is 11.2 Å². The van der Waals surface area contributed by atoms with Crippen LogP contribution in [0.5, 0.6) is 0 Å². The van der Waals surface area contributed by atoms with E-state index in [4.69, 9.17) is 4.98 Å². The molecule has 0 fully saturated rings. The van der Waals surface area contributed by atoms with Gasteiger partial charge in [-0.15, -0.1) is 0 Å². The zero-order valence-electron chi connectivity index (χ0n) is 18.6. The van der Waals surface area contributed by atoms with Gasteiger partial charge in [0.25, 0.3) is 5.56 Å². The highest BCUT2D eigenvalue weighted by Crippen LogP contribution is 2.27. The van der Waals surface area contributed by atoms with Gasteiger partial charge >= 0.3 is 5.97 Å². The Morgan fingerprint density at radius 1 is 1.34 bits per heavy atom. The second-order valence-electron chi connectivity index (χ2n) is 7.55. The molecule has 1 aliphatic carbocycles. The summed E-state index contributed by atoms with van der Waals surface area (Å²) in [4.78, 5) is 28.9. The summed E-state index contributed by atoms with van der Waals surface area (Å²) < 4.78 is 15.5. The minimum atomic E-state index is -1.03. The second kappa shape index (κ2) is 10.3. The number of allylic oxidation sites excluding steroid dienone is 4. The summed E-state index contributed by atoms with van der Waals surface area (Å²) in [6.07, 6.45) is 12.1. The van der Waals surface area contributed by atoms with Crippen LogP contribution in [0.1, 0.15) is 63.8 Å². The van der Waals surface area contributed by atoms with Crippen LogP contribution in [0.3, 0.4) is 0 Å². The van der Waals surface area contributed by atoms with Gasteiger partial charge in [-0.05, 0) is 62.6 Å². The van der Waals surface area contributed by atoms with Gasteiger partial charge in [0.05, 0.1) is 11.7 Å². The van der Waals surface area contributed by atoms with E-state index < -0.39 is 23.9 Å². The Morgan fingerprint density at radius 2 is 2.12 bits per heavy atom. The van der Waals surface area contributed by atoms with Crippen LogP contribution in [-0.4, -0.2) is 26.5 Å². The molecule has 0 bridgehead atoms. The number of pyridine rings is 1. The van der Waals surface area contributed by atoms with Crippen molar-refractivity contribution in [3.8, 4) is 0 Å². The number of carboxylic acids is 1. The van der Waals surface area contributed by atoms with Crippen LogP contribution < -0.4 is 16.2 Å². The van der Waals surface area contributed by atoms with Crippen molar-refractivity contribution in [1.82, 2.24) is 20.0 Å². The van der Waals surface area contributed by atoms with Crippen molar-refractivity contribution < 1.29 is 14.3 Å². The fraction of sp³-hybridized carbons (Fsp3) is 0.375. The van der Waals surface area contributed by atoms with Gasteiger partial charge in [-0.25, -0.2) is 14.2 Å². The fourth-order valence-electron chi connectivity index (χ4n) is 3.90. The first kappa shape index (κ1) is 23.2. The standard InChI is InChI=1S/C22H23FN4O3.C2H6/c1-13(25-17-8-5-9-24-20(17)22(29)30)16-10-15(23)12-27-19(28)11-18(26-21(16)27)14-6-3-2-4-7-14;1-2/h5-6,8-13,20,24-25H,2-4,7H2,1H3,(H,29,30);1-2H3. The molecule has 170 valence electrons. The highest BCUT2D eigenvalue weighted by molar-refractivity contribution is 5.78. The lowest BCUT2D eigenvalue weighted by Gasteiger charge is -2.25. The Hall–Kier alpha value is -3.42. The molecular weight excluding hydrogens is 411 g/mol. The topological polar surface area (TPSA) is 95.7 Å². The van der Waals surface area contributed by atoms with E-state index in [1.54, 1.807) is 25.3 Å². The van der Waals surface area contributed by atoms with Gasteiger partial charge in [0.2, 0.25) is 0 Å². The smallest absolute Gasteiger partial charge is 0.332 e. The van der Waals surface area contributed by atoms with Crippen LogP contribution in [-0.2, 0) is 4.79 Å². The van der Waals surface area contributed by atoms with Gasteiger partial charge in [-0.3, -0.25) is 9.20 Å². The lowest BCUT2D eigenvalue weighted by Crippen LogP contribution is -2.42. The highest BCUT2D eigenvalue weighted by atomic mass is 19.1. The summed E-state index contributed by atoms with van der Waals surface area (Å²) in [5, 5.41) is 15.3. The average Bonchev–Trinajstić information content (AvgIpc) is 2.81. The highest BCUT2D eigenvalue weighted by Gasteiger charge is 2.25. The maximum Gasteiger partial charge on any atom is 0.332 e. The molecule has 2 aromatic heterocycles. The molecule has 1 aliphatic heterocycles. The van der Waals surface area contributed by atoms with Crippen molar-refractivity contribution in [2.24, 2.45) is 0 Å². The Bertz CT molecular complexity index is 1150. The van der Waals surface area contributed by atoms with E-state index in [0.717, 1.165) is 37.5 Å². The summed E-state index contributed by atoms with van der Waals surface area (Å²) in [6, 6.07) is 1.36. The molecule has 2 aromatic rings. The SMILES string of the molecule is CC.CC(NC1=CC=CNC1C(=O)O)c1cc(F)cn2c(=O)cc(C3=CCCCC3)nc12. The molecule has 32 heavy (non-hydrogen) atoms. The third-order valence-corrected chi connectivity index (χ3v) is 5.42. The lowest BCUT2D eigenvalue weighted by molar-refractivity contribution is -0.138. The minimum Gasteiger partial charge on any atom is -0.479 e. The van der Waals surface area contributed by atoms with E-state index in [-0.39, 0.29) is 5.56 Å². The van der Waals surface area contributed by atoms with Gasteiger partial charge < -0.3 is 15.7 Å². The predicted molar refractivity (Wildman–Crippen MR) is 123 cm³/mol. The molecule has 0 saturated heterocycles. The van der Waals surface area contributed by atoms with Gasteiger partial charge in [0.15, 0.2) is 6.04 Å². The van der Waals surface area contributed by atoms with Crippen molar-refractivity contribution in [3.63, 3.8) is 0 Å². The predicted octanol–water partition coefficient (Wildman–Crippen LogP) is 3.92. The summed E-state index contributed by atoms with van der Waals surface area (Å²) in [5.74, 6) is -1.60. The molecule has 3 heterocycles. The molecule has 2 unspecified atom stereocenters. The Labute approximate surface area is 186 Å². The van der Waals surface area contributed by atoms with Crippen LogP contribution >= 0.6 is 0 Å². The van der Waals surface area contributed by atoms with Crippen LogP contribution in [0.15, 0.2) is 53.2 Å². The van der Waals surface area contributed by atoms with E-state index in [1.165, 1.54) is 16.5 Å². The number of rotatable bonds is 5. The second-order valence-corrected chi connectivity index (χ2v) is 7.55. The van der Waals surface area contributed by atoms with Crippen LogP contribution in [0.4, 0.5) is 4.39 Å². The fourth-order valence-corrected chi connectivity index (χ4v) is 3.90. The van der Waals surface area contributed by atoms with Gasteiger partial charge in [0.1, 0.15) is 11.5 Å². The van der Waals surface area contributed by atoms with Crippen molar-refractivity contribution in [2.45, 2.75) is 58.5 Å². The quantitative estimate of drug-likeness (QED) is 0.652. The van der Waals surface area contributed by atoms with Gasteiger partial charge in [-0.2, -0.15) is 0 Å². The summed E-state index contributed by atoms with van der Waals surface area (Å²) >= 11 is 0. The number of hydrogen-bond donors (Lipinski definition) is 3. The van der Waals surface area contributed by atoms with Crippen molar-refractivity contribution in [3.05, 3.63) is 75.9 Å². The Balaban J connectivity index is 0.00000141. The minimum absolute atomic E-state index is 0.348. The zero-order chi connectivity index (χ0) is 23.3. The molecule has 8 heteroatoms. The molecular formula is C24H29FN4O3. The number of carbonyl (C=O) groups is 1. The molecule has 0 amide bonds. The number of aliphatic carboxylic acids is 1. The van der Waals surface area contributed by atoms with E-state index in [1.807, 2.05) is 13.8 Å². The molecule has 0 saturated carbocycles. The normalized spacial score (nSPS) is 18.6. The molecule has 0 radical (unpaired) electrons. The number of halogens is 1. The maximum absolute atomic E-state index is 14.3. The van der Waals surface area contributed by atoms with Crippen LogP contribution in [0, 0.1) is 5.82 Å².